The summed E-state index contributed by atoms with van der Waals surface area (Å²) in [6.07, 6.45) is -0.0423. The van der Waals surface area contributed by atoms with E-state index in [9.17, 15) is 9.59 Å². The third kappa shape index (κ3) is 3.11. The van der Waals surface area contributed by atoms with Crippen LogP contribution in [0, 0.1) is 0 Å². The Balaban J connectivity index is 1.88. The highest BCUT2D eigenvalue weighted by molar-refractivity contribution is 5.94. The maximum atomic E-state index is 12.4. The monoisotopic (exact) mass is 310 g/mol. The molecule has 0 spiro atoms. The van der Waals surface area contributed by atoms with Crippen LogP contribution in [0.1, 0.15) is 46.9 Å². The highest BCUT2D eigenvalue weighted by Crippen LogP contribution is 2.38. The Bertz CT molecular complexity index is 708. The molecule has 1 heterocycles. The van der Waals surface area contributed by atoms with Crippen LogP contribution in [0.3, 0.4) is 0 Å². The molecule has 0 saturated heterocycles. The molecule has 0 amide bonds. The maximum Gasteiger partial charge on any atom is 0.339 e. The first-order valence-corrected chi connectivity index (χ1v) is 7.72. The highest BCUT2D eigenvalue weighted by atomic mass is 16.6. The molecule has 2 unspecified atom stereocenters. The first-order chi connectivity index (χ1) is 11.2. The van der Waals surface area contributed by atoms with E-state index in [-0.39, 0.29) is 11.9 Å². The molecule has 118 valence electrons. The van der Waals surface area contributed by atoms with Crippen LogP contribution in [-0.2, 0) is 14.3 Å². The molecule has 3 rings (SSSR count). The molecule has 2 aromatic rings. The summed E-state index contributed by atoms with van der Waals surface area (Å²) in [5.74, 6) is -1.08. The van der Waals surface area contributed by atoms with Gasteiger partial charge in [-0.2, -0.15) is 0 Å². The van der Waals surface area contributed by atoms with Gasteiger partial charge in [-0.05, 0) is 18.6 Å². The molecule has 0 aromatic heterocycles. The van der Waals surface area contributed by atoms with E-state index in [0.717, 1.165) is 11.1 Å². The lowest BCUT2D eigenvalue weighted by molar-refractivity contribution is -0.145. The van der Waals surface area contributed by atoms with Crippen molar-refractivity contribution in [2.24, 2.45) is 0 Å². The number of hydrogen-bond donors (Lipinski definition) is 0. The third-order valence-corrected chi connectivity index (χ3v) is 4.00. The van der Waals surface area contributed by atoms with Gasteiger partial charge in [0.15, 0.2) is 0 Å². The summed E-state index contributed by atoms with van der Waals surface area (Å²) in [6, 6.07) is 16.8. The van der Waals surface area contributed by atoms with Gasteiger partial charge in [-0.15, -0.1) is 0 Å². The summed E-state index contributed by atoms with van der Waals surface area (Å²) in [7, 11) is 0. The van der Waals surface area contributed by atoms with Crippen LogP contribution in [0.25, 0.3) is 0 Å². The van der Waals surface area contributed by atoms with E-state index in [1.807, 2.05) is 48.5 Å². The Labute approximate surface area is 135 Å². The number of esters is 2. The molecular formula is C19H18O4. The largest absolute Gasteiger partial charge is 0.466 e. The minimum absolute atomic E-state index is 0.292. The average molecular weight is 310 g/mol. The Morgan fingerprint density at radius 1 is 1.13 bits per heavy atom. The van der Waals surface area contributed by atoms with Crippen molar-refractivity contribution in [3.63, 3.8) is 0 Å². The topological polar surface area (TPSA) is 52.6 Å². The van der Waals surface area contributed by atoms with Crippen LogP contribution >= 0.6 is 0 Å². The first-order valence-electron chi connectivity index (χ1n) is 7.72. The summed E-state index contributed by atoms with van der Waals surface area (Å²) in [6.45, 7) is 2.11. The van der Waals surface area contributed by atoms with Crippen LogP contribution in [0.5, 0.6) is 0 Å². The molecule has 2 atom stereocenters. The van der Waals surface area contributed by atoms with E-state index in [1.165, 1.54) is 0 Å². The van der Waals surface area contributed by atoms with Gasteiger partial charge in [-0.3, -0.25) is 4.79 Å². The van der Waals surface area contributed by atoms with Crippen LogP contribution in [0.15, 0.2) is 54.6 Å². The molecule has 1 aliphatic rings. The van der Waals surface area contributed by atoms with Crippen molar-refractivity contribution in [3.05, 3.63) is 71.3 Å². The van der Waals surface area contributed by atoms with Crippen LogP contribution < -0.4 is 0 Å². The van der Waals surface area contributed by atoms with Crippen molar-refractivity contribution in [2.45, 2.75) is 25.4 Å². The molecule has 0 radical (unpaired) electrons. The zero-order valence-corrected chi connectivity index (χ0v) is 12.9. The van der Waals surface area contributed by atoms with Gasteiger partial charge in [0.1, 0.15) is 6.10 Å². The summed E-state index contributed by atoms with van der Waals surface area (Å²) >= 11 is 0. The van der Waals surface area contributed by atoms with Gasteiger partial charge in [0, 0.05) is 12.0 Å². The Kier molecular flexibility index (Phi) is 4.42. The van der Waals surface area contributed by atoms with Crippen molar-refractivity contribution in [1.29, 1.82) is 0 Å². The van der Waals surface area contributed by atoms with Crippen molar-refractivity contribution in [1.82, 2.24) is 0 Å². The summed E-state index contributed by atoms with van der Waals surface area (Å²) in [5.41, 5.74) is 2.28. The number of fused-ring (bicyclic) bond motifs is 1. The lowest BCUT2D eigenvalue weighted by Crippen LogP contribution is -2.19. The van der Waals surface area contributed by atoms with Gasteiger partial charge in [0.05, 0.1) is 18.1 Å². The molecule has 2 aromatic carbocycles. The Morgan fingerprint density at radius 2 is 1.83 bits per heavy atom. The summed E-state index contributed by atoms with van der Waals surface area (Å²) < 4.78 is 10.7. The predicted molar refractivity (Wildman–Crippen MR) is 85.0 cm³/mol. The van der Waals surface area contributed by atoms with E-state index < -0.39 is 12.0 Å². The molecule has 4 nitrogen and oxygen atoms in total. The number of rotatable bonds is 5. The fraction of sp³-hybridized carbons (Fsp3) is 0.263. The molecule has 23 heavy (non-hydrogen) atoms. The quantitative estimate of drug-likeness (QED) is 0.791. The third-order valence-electron chi connectivity index (χ3n) is 4.00. The molecule has 0 fully saturated rings. The molecular weight excluding hydrogens is 292 g/mol. The molecule has 1 aliphatic heterocycles. The van der Waals surface area contributed by atoms with Gasteiger partial charge in [-0.1, -0.05) is 48.5 Å². The van der Waals surface area contributed by atoms with Crippen LogP contribution in [0.4, 0.5) is 0 Å². The van der Waals surface area contributed by atoms with Crippen molar-refractivity contribution >= 4 is 11.9 Å². The number of benzene rings is 2. The molecule has 0 aliphatic carbocycles. The standard InChI is InChI=1S/C19H18O4/c1-2-22-18(20)16(13-8-4-3-5-9-13)12-17-14-10-6-7-11-15(14)19(21)23-17/h3-11,16-17H,2,12H2,1H3. The lowest BCUT2D eigenvalue weighted by atomic mass is 9.90. The average Bonchev–Trinajstić information content (AvgIpc) is 2.90. The van der Waals surface area contributed by atoms with E-state index >= 15 is 0 Å². The van der Waals surface area contributed by atoms with E-state index in [1.54, 1.807) is 13.0 Å². The van der Waals surface area contributed by atoms with Crippen LogP contribution in [0.2, 0.25) is 0 Å². The second kappa shape index (κ2) is 6.65. The maximum absolute atomic E-state index is 12.4. The predicted octanol–water partition coefficient (Wildman–Crippen LogP) is 3.64. The zero-order valence-electron chi connectivity index (χ0n) is 12.9. The van der Waals surface area contributed by atoms with Gasteiger partial charge < -0.3 is 9.47 Å². The Morgan fingerprint density at radius 3 is 2.57 bits per heavy atom. The second-order valence-corrected chi connectivity index (χ2v) is 5.43. The van der Waals surface area contributed by atoms with Gasteiger partial charge >= 0.3 is 11.9 Å². The minimum atomic E-state index is -0.458. The zero-order chi connectivity index (χ0) is 16.2. The summed E-state index contributed by atoms with van der Waals surface area (Å²) in [5, 5.41) is 0. The van der Waals surface area contributed by atoms with Gasteiger partial charge in [0.25, 0.3) is 0 Å². The molecule has 4 heteroatoms. The van der Waals surface area contributed by atoms with E-state index in [4.69, 9.17) is 9.47 Å². The normalized spacial score (nSPS) is 17.3. The van der Waals surface area contributed by atoms with Crippen LogP contribution in [-0.4, -0.2) is 18.5 Å². The Hall–Kier alpha value is -2.62. The van der Waals surface area contributed by atoms with Crippen molar-refractivity contribution in [3.8, 4) is 0 Å². The van der Waals surface area contributed by atoms with E-state index in [0.29, 0.717) is 18.6 Å². The van der Waals surface area contributed by atoms with Gasteiger partial charge in [-0.25, -0.2) is 4.79 Å². The molecule has 0 N–H and O–H groups in total. The number of carbonyl (C=O) groups is 2. The lowest BCUT2D eigenvalue weighted by Gasteiger charge is -2.19. The first kappa shape index (κ1) is 15.3. The summed E-state index contributed by atoms with van der Waals surface area (Å²) in [4.78, 5) is 24.3. The van der Waals surface area contributed by atoms with E-state index in [2.05, 4.69) is 0 Å². The fourth-order valence-electron chi connectivity index (χ4n) is 2.91. The number of cyclic esters (lactones) is 1. The number of hydrogen-bond acceptors (Lipinski definition) is 4. The number of ether oxygens (including phenoxy) is 2. The molecule has 0 bridgehead atoms. The highest BCUT2D eigenvalue weighted by Gasteiger charge is 2.35. The SMILES string of the molecule is CCOC(=O)C(CC1OC(=O)c2ccccc21)c1ccccc1. The second-order valence-electron chi connectivity index (χ2n) is 5.43. The van der Waals surface area contributed by atoms with Crippen molar-refractivity contribution in [2.75, 3.05) is 6.61 Å². The fourth-order valence-corrected chi connectivity index (χ4v) is 2.91. The minimum Gasteiger partial charge on any atom is -0.466 e. The molecule has 0 saturated carbocycles. The van der Waals surface area contributed by atoms with Gasteiger partial charge in [0.2, 0.25) is 0 Å². The smallest absolute Gasteiger partial charge is 0.339 e. The van der Waals surface area contributed by atoms with Crippen molar-refractivity contribution < 1.29 is 19.1 Å². The number of carbonyl (C=O) groups excluding carboxylic acids is 2.